The molecule has 1 aromatic heterocycles. The number of piperidine rings is 1. The molecule has 18 heavy (non-hydrogen) atoms. The zero-order valence-corrected chi connectivity index (χ0v) is 12.4. The Labute approximate surface area is 113 Å². The number of nitrogens with two attached hydrogens (primary N) is 1. The number of rotatable bonds is 1. The molecule has 3 nitrogen and oxygen atoms in total. The van der Waals surface area contributed by atoms with Crippen LogP contribution in [0.5, 0.6) is 0 Å². The average Bonchev–Trinajstić information content (AvgIpc) is 2.65. The first kappa shape index (κ1) is 13.6. The Morgan fingerprint density at radius 1 is 1.44 bits per heavy atom. The van der Waals surface area contributed by atoms with Gasteiger partial charge in [0.05, 0.1) is 6.04 Å². The van der Waals surface area contributed by atoms with E-state index in [0.29, 0.717) is 6.42 Å². The molecule has 1 aliphatic rings. The van der Waals surface area contributed by atoms with Crippen molar-refractivity contribution in [3.63, 3.8) is 0 Å². The highest BCUT2D eigenvalue weighted by Crippen LogP contribution is 2.39. The van der Waals surface area contributed by atoms with Crippen LogP contribution in [-0.4, -0.2) is 22.4 Å². The van der Waals surface area contributed by atoms with Crippen molar-refractivity contribution in [1.29, 1.82) is 0 Å². The summed E-state index contributed by atoms with van der Waals surface area (Å²) in [5.41, 5.74) is 7.36. The number of likely N-dealkylation sites (tertiary alicyclic amines) is 1. The molecule has 4 heteroatoms. The maximum Gasteiger partial charge on any atom is 0.223 e. The third-order valence-electron chi connectivity index (χ3n) is 3.54. The molecule has 2 rings (SSSR count). The minimum Gasteiger partial charge on any atom is -0.328 e. The van der Waals surface area contributed by atoms with Crippen molar-refractivity contribution in [3.05, 3.63) is 21.9 Å². The van der Waals surface area contributed by atoms with Gasteiger partial charge in [-0.15, -0.1) is 11.3 Å². The lowest BCUT2D eigenvalue weighted by Crippen LogP contribution is -2.56. The fourth-order valence-corrected chi connectivity index (χ4v) is 3.80. The van der Waals surface area contributed by atoms with Gasteiger partial charge < -0.3 is 10.6 Å². The normalized spacial score (nSPS) is 25.6. The van der Waals surface area contributed by atoms with Gasteiger partial charge in [-0.05, 0) is 51.1 Å². The molecule has 0 bridgehead atoms. The first-order valence-electron chi connectivity index (χ1n) is 6.44. The van der Waals surface area contributed by atoms with Gasteiger partial charge in [-0.25, -0.2) is 0 Å². The summed E-state index contributed by atoms with van der Waals surface area (Å²) in [6.45, 7) is 8.34. The molecule has 0 saturated carbocycles. The van der Waals surface area contributed by atoms with Crippen LogP contribution < -0.4 is 5.73 Å². The van der Waals surface area contributed by atoms with E-state index in [1.165, 1.54) is 10.4 Å². The minimum atomic E-state index is -0.184. The van der Waals surface area contributed by atoms with Crippen molar-refractivity contribution in [2.24, 2.45) is 5.73 Å². The molecule has 100 valence electrons. The molecule has 1 aromatic rings. The molecule has 0 spiro atoms. The Morgan fingerprint density at radius 3 is 2.61 bits per heavy atom. The number of aryl methyl sites for hydroxylation is 1. The summed E-state index contributed by atoms with van der Waals surface area (Å²) in [7, 11) is 0. The van der Waals surface area contributed by atoms with Crippen LogP contribution in [0.4, 0.5) is 0 Å². The molecule has 1 amide bonds. The fraction of sp³-hybridized carbons (Fsp3) is 0.643. The molecule has 2 unspecified atom stereocenters. The predicted octanol–water partition coefficient (Wildman–Crippen LogP) is 2.85. The van der Waals surface area contributed by atoms with Gasteiger partial charge in [0, 0.05) is 22.9 Å². The van der Waals surface area contributed by atoms with E-state index < -0.39 is 0 Å². The van der Waals surface area contributed by atoms with E-state index in [4.69, 9.17) is 5.73 Å². The van der Waals surface area contributed by atoms with Gasteiger partial charge in [0.2, 0.25) is 5.91 Å². The minimum absolute atomic E-state index is 0.0336. The second-order valence-electron chi connectivity index (χ2n) is 6.05. The van der Waals surface area contributed by atoms with Gasteiger partial charge in [-0.1, -0.05) is 0 Å². The van der Waals surface area contributed by atoms with E-state index in [9.17, 15) is 4.79 Å². The second kappa shape index (κ2) is 4.67. The van der Waals surface area contributed by atoms with Crippen LogP contribution in [0.2, 0.25) is 0 Å². The van der Waals surface area contributed by atoms with Crippen molar-refractivity contribution in [1.82, 2.24) is 4.90 Å². The van der Waals surface area contributed by atoms with Crippen LogP contribution in [0.3, 0.4) is 0 Å². The van der Waals surface area contributed by atoms with Gasteiger partial charge in [0.1, 0.15) is 0 Å². The smallest absolute Gasteiger partial charge is 0.223 e. The van der Waals surface area contributed by atoms with Crippen LogP contribution in [0, 0.1) is 6.92 Å². The highest BCUT2D eigenvalue weighted by atomic mass is 32.1. The topological polar surface area (TPSA) is 46.3 Å². The van der Waals surface area contributed by atoms with E-state index in [0.717, 1.165) is 6.42 Å². The Balaban J connectivity index is 2.45. The number of hydrogen-bond acceptors (Lipinski definition) is 3. The highest BCUT2D eigenvalue weighted by molar-refractivity contribution is 7.10. The van der Waals surface area contributed by atoms with Crippen molar-refractivity contribution in [2.45, 2.75) is 58.2 Å². The molecule has 1 aliphatic heterocycles. The van der Waals surface area contributed by atoms with Crippen molar-refractivity contribution in [2.75, 3.05) is 0 Å². The van der Waals surface area contributed by atoms with Crippen LogP contribution in [0.25, 0.3) is 0 Å². The lowest BCUT2D eigenvalue weighted by molar-refractivity contribution is -0.143. The molecular formula is C14H22N2OS. The summed E-state index contributed by atoms with van der Waals surface area (Å²) < 4.78 is 0. The second-order valence-corrected chi connectivity index (χ2v) is 7.00. The van der Waals surface area contributed by atoms with Crippen molar-refractivity contribution in [3.8, 4) is 0 Å². The summed E-state index contributed by atoms with van der Waals surface area (Å²) in [6, 6.07) is 2.18. The molecule has 2 heterocycles. The highest BCUT2D eigenvalue weighted by Gasteiger charge is 2.41. The number of nitrogens with zero attached hydrogens (tertiary/aromatic N) is 1. The molecule has 1 saturated heterocycles. The third-order valence-corrected chi connectivity index (χ3v) is 4.63. The molecule has 1 fully saturated rings. The lowest BCUT2D eigenvalue weighted by Gasteiger charge is -2.47. The summed E-state index contributed by atoms with van der Waals surface area (Å²) in [4.78, 5) is 15.5. The van der Waals surface area contributed by atoms with E-state index in [-0.39, 0.29) is 23.5 Å². The van der Waals surface area contributed by atoms with Crippen LogP contribution in [-0.2, 0) is 4.79 Å². The largest absolute Gasteiger partial charge is 0.328 e. The van der Waals surface area contributed by atoms with Gasteiger partial charge in [0.25, 0.3) is 0 Å². The number of carbonyl (C=O) groups is 1. The summed E-state index contributed by atoms with van der Waals surface area (Å²) in [5.74, 6) is 0.224. The van der Waals surface area contributed by atoms with E-state index in [2.05, 4.69) is 39.1 Å². The third kappa shape index (κ3) is 2.31. The monoisotopic (exact) mass is 266 g/mol. The maximum atomic E-state index is 12.3. The Morgan fingerprint density at radius 2 is 2.11 bits per heavy atom. The first-order valence-corrected chi connectivity index (χ1v) is 7.32. The number of thiophene rings is 1. The Hall–Kier alpha value is -0.870. The van der Waals surface area contributed by atoms with E-state index in [1.54, 1.807) is 11.3 Å². The quantitative estimate of drug-likeness (QED) is 0.849. The molecule has 2 N–H and O–H groups in total. The number of amides is 1. The van der Waals surface area contributed by atoms with Gasteiger partial charge in [-0.3, -0.25) is 4.79 Å². The standard InChI is InChI=1S/C14H22N2OS/c1-9-7-8-18-13(9)12-10(15)5-6-11(17)16(12)14(2,3)4/h7-8,10,12H,5-6,15H2,1-4H3. The molecule has 2 atom stereocenters. The first-order chi connectivity index (χ1) is 8.32. The van der Waals surface area contributed by atoms with Gasteiger partial charge >= 0.3 is 0 Å². The van der Waals surface area contributed by atoms with Crippen molar-refractivity contribution < 1.29 is 4.79 Å². The Bertz CT molecular complexity index is 447. The Kier molecular flexibility index (Phi) is 3.52. The molecule has 0 aliphatic carbocycles. The lowest BCUT2D eigenvalue weighted by atomic mass is 9.89. The van der Waals surface area contributed by atoms with Gasteiger partial charge in [0.15, 0.2) is 0 Å². The van der Waals surface area contributed by atoms with E-state index in [1.807, 2.05) is 4.90 Å². The average molecular weight is 266 g/mol. The number of carbonyl (C=O) groups excluding carboxylic acids is 1. The fourth-order valence-electron chi connectivity index (χ4n) is 2.71. The number of hydrogen-bond donors (Lipinski definition) is 1. The van der Waals surface area contributed by atoms with Crippen LogP contribution >= 0.6 is 11.3 Å². The maximum absolute atomic E-state index is 12.3. The van der Waals surface area contributed by atoms with Crippen LogP contribution in [0.15, 0.2) is 11.4 Å². The molecule has 0 aromatic carbocycles. The predicted molar refractivity (Wildman–Crippen MR) is 75.6 cm³/mol. The molecule has 0 radical (unpaired) electrons. The summed E-state index contributed by atoms with van der Waals surface area (Å²) in [5, 5.41) is 2.08. The molecular weight excluding hydrogens is 244 g/mol. The van der Waals surface area contributed by atoms with Crippen LogP contribution in [0.1, 0.15) is 50.1 Å². The van der Waals surface area contributed by atoms with Crippen molar-refractivity contribution >= 4 is 17.2 Å². The van der Waals surface area contributed by atoms with Gasteiger partial charge in [-0.2, -0.15) is 0 Å². The SMILES string of the molecule is Cc1ccsc1C1C(N)CCC(=O)N1C(C)(C)C. The summed E-state index contributed by atoms with van der Waals surface area (Å²) in [6.07, 6.45) is 1.35. The zero-order chi connectivity index (χ0) is 13.5. The summed E-state index contributed by atoms with van der Waals surface area (Å²) >= 11 is 1.71. The van der Waals surface area contributed by atoms with E-state index >= 15 is 0 Å². The zero-order valence-electron chi connectivity index (χ0n) is 11.6.